The highest BCUT2D eigenvalue weighted by Gasteiger charge is 2.20. The van der Waals surface area contributed by atoms with Crippen molar-refractivity contribution in [3.05, 3.63) is 35.4 Å². The molecule has 2 atom stereocenters. The molecule has 1 aromatic carbocycles. The van der Waals surface area contributed by atoms with Crippen molar-refractivity contribution < 1.29 is 14.7 Å². The molecule has 0 aromatic heterocycles. The predicted octanol–water partition coefficient (Wildman–Crippen LogP) is 1.95. The number of hydrogen-bond donors (Lipinski definition) is 2. The fraction of sp³-hybridized carbons (Fsp3) is 0.556. The van der Waals surface area contributed by atoms with Crippen molar-refractivity contribution in [3.63, 3.8) is 0 Å². The van der Waals surface area contributed by atoms with Gasteiger partial charge in [-0.05, 0) is 30.0 Å². The lowest BCUT2D eigenvalue weighted by molar-refractivity contribution is -0.128. The van der Waals surface area contributed by atoms with E-state index in [2.05, 4.69) is 5.32 Å². The Morgan fingerprint density at radius 3 is 2.87 bits per heavy atom. The first-order chi connectivity index (χ1) is 11.0. The highest BCUT2D eigenvalue weighted by Crippen LogP contribution is 2.15. The fourth-order valence-corrected chi connectivity index (χ4v) is 2.68. The molecule has 0 saturated carbocycles. The van der Waals surface area contributed by atoms with Gasteiger partial charge in [-0.3, -0.25) is 9.59 Å². The summed E-state index contributed by atoms with van der Waals surface area (Å²) in [6, 6.07) is 7.32. The Bertz CT molecular complexity index is 559. The van der Waals surface area contributed by atoms with Crippen molar-refractivity contribution in [1.29, 1.82) is 0 Å². The van der Waals surface area contributed by atoms with Crippen LogP contribution in [0.5, 0.6) is 0 Å². The van der Waals surface area contributed by atoms with Crippen LogP contribution in [0.2, 0.25) is 0 Å². The second-order valence-corrected chi connectivity index (χ2v) is 6.28. The van der Waals surface area contributed by atoms with Crippen LogP contribution in [0, 0.1) is 5.92 Å². The van der Waals surface area contributed by atoms with Crippen LogP contribution in [0.3, 0.4) is 0 Å². The molecule has 0 bridgehead atoms. The van der Waals surface area contributed by atoms with E-state index in [0.717, 1.165) is 24.9 Å². The molecule has 1 aliphatic heterocycles. The summed E-state index contributed by atoms with van der Waals surface area (Å²) in [6.07, 6.45) is 1.87. The zero-order valence-corrected chi connectivity index (χ0v) is 13.9. The quantitative estimate of drug-likeness (QED) is 0.807. The highest BCUT2D eigenvalue weighted by molar-refractivity contribution is 5.94. The lowest BCUT2D eigenvalue weighted by atomic mass is 10.0. The molecule has 0 spiro atoms. The number of carbonyl (C=O) groups is 2. The maximum absolute atomic E-state index is 12.2. The van der Waals surface area contributed by atoms with Crippen LogP contribution in [-0.2, 0) is 11.3 Å². The van der Waals surface area contributed by atoms with E-state index >= 15 is 0 Å². The summed E-state index contributed by atoms with van der Waals surface area (Å²) in [4.78, 5) is 25.7. The Labute approximate surface area is 137 Å². The van der Waals surface area contributed by atoms with E-state index in [4.69, 9.17) is 0 Å². The third kappa shape index (κ3) is 4.79. The minimum absolute atomic E-state index is 0.155. The number of amides is 2. The van der Waals surface area contributed by atoms with Crippen molar-refractivity contribution in [2.75, 3.05) is 13.1 Å². The first-order valence-electron chi connectivity index (χ1n) is 8.34. The normalized spacial score (nSPS) is 17.2. The summed E-state index contributed by atoms with van der Waals surface area (Å²) in [5.41, 5.74) is 1.51. The van der Waals surface area contributed by atoms with Crippen LogP contribution >= 0.6 is 0 Å². The summed E-state index contributed by atoms with van der Waals surface area (Å²) in [5, 5.41) is 12.7. The van der Waals surface area contributed by atoms with Gasteiger partial charge in [0.2, 0.25) is 5.91 Å². The van der Waals surface area contributed by atoms with Gasteiger partial charge in [0.1, 0.15) is 0 Å². The zero-order valence-electron chi connectivity index (χ0n) is 13.9. The SMILES string of the molecule is CCC(C)C(O)CNC(=O)c1cccc(CN2CCCC2=O)c1. The fourth-order valence-electron chi connectivity index (χ4n) is 2.68. The van der Waals surface area contributed by atoms with Crippen molar-refractivity contribution >= 4 is 11.8 Å². The molecule has 1 heterocycles. The zero-order chi connectivity index (χ0) is 16.8. The first-order valence-corrected chi connectivity index (χ1v) is 8.34. The molecule has 2 unspecified atom stereocenters. The molecule has 0 aliphatic carbocycles. The lowest BCUT2D eigenvalue weighted by Gasteiger charge is -2.18. The predicted molar refractivity (Wildman–Crippen MR) is 88.9 cm³/mol. The molecule has 1 aliphatic rings. The Hall–Kier alpha value is -1.88. The third-order valence-corrected chi connectivity index (χ3v) is 4.51. The number of aliphatic hydroxyl groups is 1. The van der Waals surface area contributed by atoms with Crippen molar-refractivity contribution in [2.45, 2.75) is 45.8 Å². The minimum atomic E-state index is -0.533. The number of rotatable bonds is 7. The molecular formula is C18H26N2O3. The number of carbonyl (C=O) groups excluding carboxylic acids is 2. The van der Waals surface area contributed by atoms with Crippen LogP contribution < -0.4 is 5.32 Å². The Kier molecular flexibility index (Phi) is 6.16. The van der Waals surface area contributed by atoms with Crippen LogP contribution in [-0.4, -0.2) is 41.0 Å². The number of nitrogens with one attached hydrogen (secondary N) is 1. The van der Waals surface area contributed by atoms with E-state index in [-0.39, 0.29) is 24.3 Å². The van der Waals surface area contributed by atoms with Crippen molar-refractivity contribution in [3.8, 4) is 0 Å². The van der Waals surface area contributed by atoms with E-state index < -0.39 is 6.10 Å². The van der Waals surface area contributed by atoms with Gasteiger partial charge in [0.05, 0.1) is 6.10 Å². The van der Waals surface area contributed by atoms with Gasteiger partial charge in [0, 0.05) is 31.6 Å². The third-order valence-electron chi connectivity index (χ3n) is 4.51. The lowest BCUT2D eigenvalue weighted by Crippen LogP contribution is -2.35. The molecule has 5 heteroatoms. The molecule has 0 radical (unpaired) electrons. The molecule has 2 N–H and O–H groups in total. The van der Waals surface area contributed by atoms with Gasteiger partial charge in [-0.15, -0.1) is 0 Å². The van der Waals surface area contributed by atoms with Gasteiger partial charge in [-0.2, -0.15) is 0 Å². The van der Waals surface area contributed by atoms with E-state index in [1.807, 2.05) is 36.9 Å². The van der Waals surface area contributed by atoms with E-state index in [0.29, 0.717) is 18.5 Å². The summed E-state index contributed by atoms with van der Waals surface area (Å²) in [7, 11) is 0. The molecule has 23 heavy (non-hydrogen) atoms. The molecule has 2 rings (SSSR count). The number of nitrogens with zero attached hydrogens (tertiary/aromatic N) is 1. The Balaban J connectivity index is 1.93. The standard InChI is InChI=1S/C18H26N2O3/c1-3-13(2)16(21)11-19-18(23)15-7-4-6-14(10-15)12-20-9-5-8-17(20)22/h4,6-7,10,13,16,21H,3,5,8-9,11-12H2,1-2H3,(H,19,23). The van der Waals surface area contributed by atoms with Crippen molar-refractivity contribution in [1.82, 2.24) is 10.2 Å². The topological polar surface area (TPSA) is 69.6 Å². The average molecular weight is 318 g/mol. The number of aliphatic hydroxyl groups excluding tert-OH is 1. The second kappa shape index (κ2) is 8.11. The van der Waals surface area contributed by atoms with Gasteiger partial charge >= 0.3 is 0 Å². The van der Waals surface area contributed by atoms with Crippen molar-refractivity contribution in [2.24, 2.45) is 5.92 Å². The maximum atomic E-state index is 12.2. The number of likely N-dealkylation sites (tertiary alicyclic amines) is 1. The van der Waals surface area contributed by atoms with E-state index in [1.54, 1.807) is 6.07 Å². The first kappa shape index (κ1) is 17.5. The van der Waals surface area contributed by atoms with Gasteiger partial charge in [0.15, 0.2) is 0 Å². The largest absolute Gasteiger partial charge is 0.391 e. The summed E-state index contributed by atoms with van der Waals surface area (Å²) in [6.45, 7) is 5.57. The number of benzene rings is 1. The molecule has 2 amide bonds. The molecule has 1 fully saturated rings. The smallest absolute Gasteiger partial charge is 0.251 e. The highest BCUT2D eigenvalue weighted by atomic mass is 16.3. The van der Waals surface area contributed by atoms with Gasteiger partial charge in [-0.1, -0.05) is 32.4 Å². The molecule has 1 saturated heterocycles. The monoisotopic (exact) mass is 318 g/mol. The van der Waals surface area contributed by atoms with Crippen LogP contribution in [0.25, 0.3) is 0 Å². The van der Waals surface area contributed by atoms with Crippen LogP contribution in [0.4, 0.5) is 0 Å². The van der Waals surface area contributed by atoms with E-state index in [1.165, 1.54) is 0 Å². The summed E-state index contributed by atoms with van der Waals surface area (Å²) >= 11 is 0. The Morgan fingerprint density at radius 1 is 1.43 bits per heavy atom. The molecule has 5 nitrogen and oxygen atoms in total. The summed E-state index contributed by atoms with van der Waals surface area (Å²) in [5.74, 6) is 0.140. The van der Waals surface area contributed by atoms with Gasteiger partial charge < -0.3 is 15.3 Å². The molecule has 1 aromatic rings. The Morgan fingerprint density at radius 2 is 2.22 bits per heavy atom. The molecule has 126 valence electrons. The van der Waals surface area contributed by atoms with Crippen LogP contribution in [0.1, 0.15) is 49.0 Å². The summed E-state index contributed by atoms with van der Waals surface area (Å²) < 4.78 is 0. The molecular weight excluding hydrogens is 292 g/mol. The average Bonchev–Trinajstić information content (AvgIpc) is 2.96. The second-order valence-electron chi connectivity index (χ2n) is 6.28. The van der Waals surface area contributed by atoms with E-state index in [9.17, 15) is 14.7 Å². The number of hydrogen-bond acceptors (Lipinski definition) is 3. The van der Waals surface area contributed by atoms with Crippen LogP contribution in [0.15, 0.2) is 24.3 Å². The van der Waals surface area contributed by atoms with Gasteiger partial charge in [-0.25, -0.2) is 0 Å². The van der Waals surface area contributed by atoms with Gasteiger partial charge in [0.25, 0.3) is 5.91 Å². The minimum Gasteiger partial charge on any atom is -0.391 e. The maximum Gasteiger partial charge on any atom is 0.251 e.